The fourth-order valence-electron chi connectivity index (χ4n) is 1.54. The molecule has 0 aromatic heterocycles. The van der Waals surface area contributed by atoms with E-state index in [2.05, 4.69) is 0 Å². The lowest BCUT2D eigenvalue weighted by Crippen LogP contribution is -2.33. The zero-order chi connectivity index (χ0) is 11.6. The molecule has 1 aliphatic rings. The number of carbonyl (C=O) groups excluding carboxylic acids is 2. The van der Waals surface area contributed by atoms with Gasteiger partial charge in [0.1, 0.15) is 0 Å². The average molecular weight is 216 g/mol. The Labute approximate surface area is 88.7 Å². The van der Waals surface area contributed by atoms with Crippen molar-refractivity contribution in [3.63, 3.8) is 0 Å². The molecule has 86 valence electrons. The molecule has 15 heavy (non-hydrogen) atoms. The van der Waals surface area contributed by atoms with Crippen molar-refractivity contribution in [1.82, 2.24) is 0 Å². The smallest absolute Gasteiger partial charge is 0.305 e. The van der Waals surface area contributed by atoms with Crippen LogP contribution in [0, 0.1) is 5.92 Å². The molecule has 5 heteroatoms. The largest absolute Gasteiger partial charge is 0.455 e. The van der Waals surface area contributed by atoms with Crippen molar-refractivity contribution in [1.29, 1.82) is 0 Å². The fraction of sp³-hybridized carbons (Fsp3) is 0.800. The molecule has 0 saturated carbocycles. The Morgan fingerprint density at radius 1 is 1.07 bits per heavy atom. The molecule has 0 spiro atoms. The Bertz CT molecular complexity index is 263. The monoisotopic (exact) mass is 216 g/mol. The molecular weight excluding hydrogens is 200 g/mol. The van der Waals surface area contributed by atoms with E-state index in [1.807, 2.05) is 13.8 Å². The number of ether oxygens (including phenoxy) is 3. The second kappa shape index (κ2) is 4.61. The first kappa shape index (κ1) is 12.0. The van der Waals surface area contributed by atoms with Gasteiger partial charge in [-0.05, 0) is 6.92 Å². The summed E-state index contributed by atoms with van der Waals surface area (Å²) in [6, 6.07) is 0. The van der Waals surface area contributed by atoms with Gasteiger partial charge in [-0.1, -0.05) is 6.92 Å². The van der Waals surface area contributed by atoms with E-state index < -0.39 is 24.3 Å². The molecule has 1 heterocycles. The van der Waals surface area contributed by atoms with E-state index in [0.29, 0.717) is 0 Å². The summed E-state index contributed by atoms with van der Waals surface area (Å²) in [7, 11) is 0. The Kier molecular flexibility index (Phi) is 3.68. The highest BCUT2D eigenvalue weighted by molar-refractivity contribution is 5.67. The van der Waals surface area contributed by atoms with Gasteiger partial charge in [0.05, 0.1) is 6.10 Å². The van der Waals surface area contributed by atoms with Crippen molar-refractivity contribution in [2.45, 2.75) is 46.2 Å². The van der Waals surface area contributed by atoms with Crippen LogP contribution in [0.1, 0.15) is 27.7 Å². The summed E-state index contributed by atoms with van der Waals surface area (Å²) in [4.78, 5) is 21.7. The minimum Gasteiger partial charge on any atom is -0.455 e. The molecule has 1 fully saturated rings. The lowest BCUT2D eigenvalue weighted by molar-refractivity contribution is -0.193. The van der Waals surface area contributed by atoms with Gasteiger partial charge in [-0.2, -0.15) is 0 Å². The number of carbonyl (C=O) groups is 2. The summed E-state index contributed by atoms with van der Waals surface area (Å²) in [5.41, 5.74) is 0. The van der Waals surface area contributed by atoms with Crippen LogP contribution in [0.4, 0.5) is 0 Å². The molecule has 0 amide bonds. The van der Waals surface area contributed by atoms with E-state index in [1.165, 1.54) is 13.8 Å². The van der Waals surface area contributed by atoms with Gasteiger partial charge in [0.2, 0.25) is 6.29 Å². The van der Waals surface area contributed by atoms with Crippen molar-refractivity contribution in [2.75, 3.05) is 0 Å². The van der Waals surface area contributed by atoms with Crippen molar-refractivity contribution in [2.24, 2.45) is 5.92 Å². The molecule has 0 aromatic rings. The van der Waals surface area contributed by atoms with Crippen molar-refractivity contribution in [3.8, 4) is 0 Å². The van der Waals surface area contributed by atoms with Gasteiger partial charge in [-0.15, -0.1) is 0 Å². The maximum atomic E-state index is 10.9. The summed E-state index contributed by atoms with van der Waals surface area (Å²) < 4.78 is 15.4. The zero-order valence-electron chi connectivity index (χ0n) is 9.35. The number of hydrogen-bond acceptors (Lipinski definition) is 5. The second-order valence-electron chi connectivity index (χ2n) is 3.75. The summed E-state index contributed by atoms with van der Waals surface area (Å²) in [6.45, 7) is 6.36. The molecule has 0 aromatic carbocycles. The normalized spacial score (nSPS) is 34.9. The van der Waals surface area contributed by atoms with Gasteiger partial charge in [0, 0.05) is 19.8 Å². The van der Waals surface area contributed by atoms with Gasteiger partial charge in [0.25, 0.3) is 0 Å². The Morgan fingerprint density at radius 3 is 2.07 bits per heavy atom. The van der Waals surface area contributed by atoms with E-state index >= 15 is 0 Å². The fourth-order valence-corrected chi connectivity index (χ4v) is 1.54. The highest BCUT2D eigenvalue weighted by Gasteiger charge is 2.44. The van der Waals surface area contributed by atoms with Crippen LogP contribution < -0.4 is 0 Å². The summed E-state index contributed by atoms with van der Waals surface area (Å²) in [5.74, 6) is -0.835. The van der Waals surface area contributed by atoms with Crippen LogP contribution >= 0.6 is 0 Å². The minimum atomic E-state index is -0.781. The van der Waals surface area contributed by atoms with E-state index in [-0.39, 0.29) is 12.0 Å². The third kappa shape index (κ3) is 2.92. The van der Waals surface area contributed by atoms with Gasteiger partial charge in [0.15, 0.2) is 6.10 Å². The predicted octanol–water partition coefficient (Wildman–Crippen LogP) is 0.862. The first-order chi connectivity index (χ1) is 6.91. The van der Waals surface area contributed by atoms with Gasteiger partial charge < -0.3 is 14.2 Å². The van der Waals surface area contributed by atoms with E-state index in [4.69, 9.17) is 14.2 Å². The van der Waals surface area contributed by atoms with Crippen LogP contribution in [0.5, 0.6) is 0 Å². The number of hydrogen-bond donors (Lipinski definition) is 0. The molecule has 0 N–H and O–H groups in total. The quantitative estimate of drug-likeness (QED) is 0.641. The maximum Gasteiger partial charge on any atom is 0.305 e. The highest BCUT2D eigenvalue weighted by atomic mass is 16.7. The van der Waals surface area contributed by atoms with Crippen LogP contribution in [0.2, 0.25) is 0 Å². The van der Waals surface area contributed by atoms with Crippen molar-refractivity contribution < 1.29 is 23.8 Å². The molecule has 0 radical (unpaired) electrons. The average Bonchev–Trinajstić information content (AvgIpc) is 2.31. The Hall–Kier alpha value is -1.10. The van der Waals surface area contributed by atoms with Gasteiger partial charge in [-0.3, -0.25) is 9.59 Å². The molecule has 5 nitrogen and oxygen atoms in total. The molecule has 4 atom stereocenters. The van der Waals surface area contributed by atoms with Gasteiger partial charge >= 0.3 is 11.9 Å². The lowest BCUT2D eigenvalue weighted by Gasteiger charge is -2.19. The standard InChI is InChI=1S/C10H16O5/c1-5-6(2)13-10(15-8(4)12)9(5)14-7(3)11/h5-6,9-10H,1-4H3/t5-,6-,9?,10?/m1/s1. The lowest BCUT2D eigenvalue weighted by atomic mass is 10.0. The molecule has 0 bridgehead atoms. The highest BCUT2D eigenvalue weighted by Crippen LogP contribution is 2.29. The number of esters is 2. The van der Waals surface area contributed by atoms with Crippen molar-refractivity contribution in [3.05, 3.63) is 0 Å². The van der Waals surface area contributed by atoms with E-state index in [0.717, 1.165) is 0 Å². The molecular formula is C10H16O5. The third-order valence-electron chi connectivity index (χ3n) is 2.46. The third-order valence-corrected chi connectivity index (χ3v) is 2.46. The van der Waals surface area contributed by atoms with E-state index in [9.17, 15) is 9.59 Å². The first-order valence-electron chi connectivity index (χ1n) is 4.91. The summed E-state index contributed by atoms with van der Waals surface area (Å²) >= 11 is 0. The van der Waals surface area contributed by atoms with E-state index in [1.54, 1.807) is 0 Å². The molecule has 1 aliphatic heterocycles. The van der Waals surface area contributed by atoms with Gasteiger partial charge in [-0.25, -0.2) is 0 Å². The topological polar surface area (TPSA) is 61.8 Å². The van der Waals surface area contributed by atoms with Crippen LogP contribution in [-0.4, -0.2) is 30.4 Å². The molecule has 1 saturated heterocycles. The van der Waals surface area contributed by atoms with Crippen LogP contribution in [0.3, 0.4) is 0 Å². The summed E-state index contributed by atoms with van der Waals surface area (Å²) in [6.07, 6.45) is -1.39. The maximum absolute atomic E-state index is 10.9. The van der Waals surface area contributed by atoms with Crippen LogP contribution in [0.15, 0.2) is 0 Å². The SMILES string of the molecule is CC(=O)OC1O[C@H](C)[C@@H](C)C1OC(C)=O. The molecule has 0 aliphatic carbocycles. The molecule has 2 unspecified atom stereocenters. The van der Waals surface area contributed by atoms with Crippen LogP contribution in [0.25, 0.3) is 0 Å². The van der Waals surface area contributed by atoms with Crippen LogP contribution in [-0.2, 0) is 23.8 Å². The second-order valence-corrected chi connectivity index (χ2v) is 3.75. The number of rotatable bonds is 2. The Morgan fingerprint density at radius 2 is 1.60 bits per heavy atom. The predicted molar refractivity (Wildman–Crippen MR) is 50.8 cm³/mol. The van der Waals surface area contributed by atoms with Crippen molar-refractivity contribution >= 4 is 11.9 Å². The Balaban J connectivity index is 2.68. The summed E-state index contributed by atoms with van der Waals surface area (Å²) in [5, 5.41) is 0. The first-order valence-corrected chi connectivity index (χ1v) is 4.91. The zero-order valence-corrected chi connectivity index (χ0v) is 9.35. The molecule has 1 rings (SSSR count). The minimum absolute atomic E-state index is 0.0123.